The molecule has 1 aromatic rings. The van der Waals surface area contributed by atoms with Gasteiger partial charge in [0, 0.05) is 24.8 Å². The minimum atomic E-state index is -0.551. The Morgan fingerprint density at radius 2 is 2.18 bits per heavy atom. The van der Waals surface area contributed by atoms with Crippen LogP contribution < -0.4 is 0 Å². The third-order valence-corrected chi connectivity index (χ3v) is 5.70. The van der Waals surface area contributed by atoms with Gasteiger partial charge in [-0.25, -0.2) is 4.85 Å². The van der Waals surface area contributed by atoms with E-state index in [1.807, 2.05) is 27.0 Å². The lowest BCUT2D eigenvalue weighted by Gasteiger charge is -2.49. The van der Waals surface area contributed by atoms with E-state index in [0.717, 1.165) is 24.1 Å². The first kappa shape index (κ1) is 15.3. The molecule has 0 fully saturated rings. The number of aryl methyl sites for hydroxylation is 1. The van der Waals surface area contributed by atoms with Crippen molar-refractivity contribution in [1.82, 2.24) is 9.78 Å². The number of carbonyl (C=O) groups excluding carboxylic acids is 1. The molecular weight excluding hydrogens is 298 g/mol. The number of halogens is 1. The zero-order valence-electron chi connectivity index (χ0n) is 14.7. The van der Waals surface area contributed by atoms with Crippen LogP contribution in [0.25, 0.3) is 4.85 Å². The third-order valence-electron chi connectivity index (χ3n) is 5.23. The first-order valence-electron chi connectivity index (χ1n) is 8.10. The summed E-state index contributed by atoms with van der Waals surface area (Å²) in [6.07, 6.45) is 3.54. The number of ketones is 1. The summed E-state index contributed by atoms with van der Waals surface area (Å²) in [5.74, 6) is 0.0897. The molecule has 0 saturated heterocycles. The molecular formula is C17H22ClN3O. The van der Waals surface area contributed by atoms with E-state index in [0.29, 0.717) is 5.15 Å². The highest BCUT2D eigenvalue weighted by Gasteiger charge is 2.55. The summed E-state index contributed by atoms with van der Waals surface area (Å²) in [7, 11) is 3.08. The zero-order chi connectivity index (χ0) is 17.6. The summed E-state index contributed by atoms with van der Waals surface area (Å²) >= 11 is 6.34. The van der Waals surface area contributed by atoms with Crippen molar-refractivity contribution < 1.29 is 6.17 Å². The fourth-order valence-electron chi connectivity index (χ4n) is 4.16. The molecule has 5 heteroatoms. The Balaban J connectivity index is 0.000000924. The Hall–Kier alpha value is -1.60. The lowest BCUT2D eigenvalue weighted by Crippen LogP contribution is -2.50. The molecule has 0 saturated carbocycles. The summed E-state index contributed by atoms with van der Waals surface area (Å²) in [5.41, 5.74) is 1.26. The van der Waals surface area contributed by atoms with Gasteiger partial charge in [0.25, 0.3) is 0 Å². The quantitative estimate of drug-likeness (QED) is 0.679. The average Bonchev–Trinajstić information content (AvgIpc) is 2.82. The number of allylic oxidation sites excluding steroid dienone is 2. The van der Waals surface area contributed by atoms with Gasteiger partial charge in [0.15, 0.2) is 5.78 Å². The van der Waals surface area contributed by atoms with Gasteiger partial charge >= 0.3 is 0 Å². The number of hydrogen-bond donors (Lipinski definition) is 0. The number of aromatic nitrogens is 2. The van der Waals surface area contributed by atoms with Gasteiger partial charge in [0.2, 0.25) is 5.70 Å². The molecule has 0 amide bonds. The smallest absolute Gasteiger partial charge is 0.226 e. The summed E-state index contributed by atoms with van der Waals surface area (Å²) in [4.78, 5) is 16.0. The molecule has 0 aliphatic heterocycles. The van der Waals surface area contributed by atoms with Gasteiger partial charge in [0.05, 0.1) is 12.3 Å². The molecule has 3 rings (SSSR count). The van der Waals surface area contributed by atoms with Crippen LogP contribution in [0.3, 0.4) is 0 Å². The van der Waals surface area contributed by atoms with E-state index in [2.05, 4.69) is 16.9 Å². The first-order chi connectivity index (χ1) is 10.7. The molecule has 22 heavy (non-hydrogen) atoms. The molecule has 0 N–H and O–H groups in total. The predicted octanol–water partition coefficient (Wildman–Crippen LogP) is 3.94. The van der Waals surface area contributed by atoms with E-state index in [1.165, 1.54) is 7.40 Å². The summed E-state index contributed by atoms with van der Waals surface area (Å²) in [6.45, 7) is 13.3. The van der Waals surface area contributed by atoms with Gasteiger partial charge in [-0.1, -0.05) is 45.9 Å². The molecule has 1 aromatic heterocycles. The molecule has 2 aliphatic carbocycles. The number of carbonyl (C=O) groups is 1. The lowest BCUT2D eigenvalue weighted by atomic mass is 9.53. The fourth-order valence-corrected chi connectivity index (χ4v) is 4.38. The Kier molecular flexibility index (Phi) is 3.45. The zero-order valence-corrected chi connectivity index (χ0v) is 14.5. The van der Waals surface area contributed by atoms with E-state index in [-0.39, 0.29) is 17.4 Å². The second-order valence-electron chi connectivity index (χ2n) is 6.81. The Labute approximate surface area is 138 Å². The minimum absolute atomic E-state index is 0.0505. The van der Waals surface area contributed by atoms with Crippen molar-refractivity contribution in [2.75, 3.05) is 0 Å². The van der Waals surface area contributed by atoms with Crippen LogP contribution in [0.15, 0.2) is 11.8 Å². The van der Waals surface area contributed by atoms with E-state index >= 15 is 0 Å². The van der Waals surface area contributed by atoms with Crippen LogP contribution in [0.1, 0.15) is 47.2 Å². The van der Waals surface area contributed by atoms with E-state index in [4.69, 9.17) is 19.5 Å². The monoisotopic (exact) mass is 321 g/mol. The highest BCUT2D eigenvalue weighted by Crippen LogP contribution is 2.55. The maximum absolute atomic E-state index is 12.5. The van der Waals surface area contributed by atoms with Crippen molar-refractivity contribution in [3.8, 4) is 0 Å². The molecule has 2 atom stereocenters. The normalized spacial score (nSPS) is 29.1. The van der Waals surface area contributed by atoms with Crippen LogP contribution >= 0.6 is 11.6 Å². The predicted molar refractivity (Wildman–Crippen MR) is 87.6 cm³/mol. The molecule has 118 valence electrons. The lowest BCUT2D eigenvalue weighted by molar-refractivity contribution is -0.128. The van der Waals surface area contributed by atoms with Crippen LogP contribution in [0.4, 0.5) is 0 Å². The highest BCUT2D eigenvalue weighted by atomic mass is 35.5. The van der Waals surface area contributed by atoms with Crippen LogP contribution in [-0.2, 0) is 23.7 Å². The second kappa shape index (κ2) is 4.96. The number of rotatable bonds is 0. The van der Waals surface area contributed by atoms with Crippen molar-refractivity contribution in [1.29, 1.82) is 0 Å². The van der Waals surface area contributed by atoms with Gasteiger partial charge in [-0.05, 0) is 18.8 Å². The minimum Gasteiger partial charge on any atom is -0.307 e. The van der Waals surface area contributed by atoms with Crippen LogP contribution in [0.5, 0.6) is 0 Å². The second-order valence-corrected chi connectivity index (χ2v) is 7.17. The summed E-state index contributed by atoms with van der Waals surface area (Å²) in [5, 5.41) is 5.26. The number of fused-ring (bicyclic) bond motifs is 3. The Bertz CT molecular complexity index is 729. The van der Waals surface area contributed by atoms with E-state index in [9.17, 15) is 4.79 Å². The number of nitrogens with zero attached hydrogens (tertiary/aromatic N) is 3. The molecule has 4 nitrogen and oxygen atoms in total. The number of Topliss-reactive ketones (excluding diaryl/α,β-unsaturated/α-hetero) is 1. The fraction of sp³-hybridized carbons (Fsp3) is 0.588. The SMILES string of the molecule is [3H]C.[C-]#[N+]C1=C[C@]2(C)c3nn(C)c(Cl)c3CC[C@H]2C(C)(C)C1=O. The van der Waals surface area contributed by atoms with Gasteiger partial charge in [-0.3, -0.25) is 4.68 Å². The number of hydrogen-bond acceptors (Lipinski definition) is 2. The van der Waals surface area contributed by atoms with E-state index in [1.54, 1.807) is 4.68 Å². The van der Waals surface area contributed by atoms with Crippen molar-refractivity contribution >= 4 is 17.4 Å². The van der Waals surface area contributed by atoms with Crippen molar-refractivity contribution in [2.24, 2.45) is 18.4 Å². The first-order valence-corrected chi connectivity index (χ1v) is 7.48. The van der Waals surface area contributed by atoms with Crippen molar-refractivity contribution in [3.05, 3.63) is 39.6 Å². The standard InChI is InChI=1S/C16H18ClN3O.CH4/c1-15(2)11-7-6-9-12(19-20(5)14(9)17)16(11,3)8-10(18-4)13(15)21;/h8,11H,6-7H2,1-3,5H3;1H4/t11-,16-;/m0./s1/i;1T. The van der Waals surface area contributed by atoms with Crippen molar-refractivity contribution in [3.63, 3.8) is 0 Å². The maximum atomic E-state index is 12.5. The molecule has 1 heterocycles. The summed E-state index contributed by atoms with van der Waals surface area (Å²) < 4.78 is 7.44. The molecule has 0 radical (unpaired) electrons. The van der Waals surface area contributed by atoms with E-state index < -0.39 is 10.8 Å². The van der Waals surface area contributed by atoms with Crippen molar-refractivity contribution in [2.45, 2.75) is 46.4 Å². The van der Waals surface area contributed by atoms with Gasteiger partial charge in [0.1, 0.15) is 5.15 Å². The molecule has 0 unspecified atom stereocenters. The van der Waals surface area contributed by atoms with Crippen LogP contribution in [0, 0.1) is 17.9 Å². The Morgan fingerprint density at radius 1 is 1.55 bits per heavy atom. The third kappa shape index (κ3) is 1.88. The largest absolute Gasteiger partial charge is 0.307 e. The van der Waals surface area contributed by atoms with Gasteiger partial charge < -0.3 is 4.79 Å². The average molecular weight is 322 g/mol. The molecule has 0 aromatic carbocycles. The van der Waals surface area contributed by atoms with Gasteiger partial charge in [-0.2, -0.15) is 5.10 Å². The highest BCUT2D eigenvalue weighted by molar-refractivity contribution is 6.30. The topological polar surface area (TPSA) is 39.2 Å². The Morgan fingerprint density at radius 3 is 2.77 bits per heavy atom. The molecule has 0 spiro atoms. The molecule has 0 bridgehead atoms. The maximum Gasteiger partial charge on any atom is 0.226 e. The van der Waals surface area contributed by atoms with Crippen LogP contribution in [0.2, 0.25) is 5.15 Å². The van der Waals surface area contributed by atoms with Crippen LogP contribution in [-0.4, -0.2) is 15.6 Å². The summed E-state index contributed by atoms with van der Waals surface area (Å²) in [6, 6.07) is 0. The molecule has 2 aliphatic rings. The van der Waals surface area contributed by atoms with Gasteiger partial charge in [-0.15, -0.1) is 0 Å².